The van der Waals surface area contributed by atoms with E-state index < -0.39 is 17.9 Å². The van der Waals surface area contributed by atoms with Crippen molar-refractivity contribution >= 4 is 34.7 Å². The predicted octanol–water partition coefficient (Wildman–Crippen LogP) is 2.48. The lowest BCUT2D eigenvalue weighted by molar-refractivity contribution is -0.142. The topological polar surface area (TPSA) is 123 Å². The first kappa shape index (κ1) is 20.5. The summed E-state index contributed by atoms with van der Waals surface area (Å²) in [5, 5.41) is 3.23. The lowest BCUT2D eigenvalue weighted by atomic mass is 10.1. The molecule has 0 aliphatic rings. The summed E-state index contributed by atoms with van der Waals surface area (Å²) in [5.74, 6) is -0.0195. The molecule has 1 unspecified atom stereocenters. The number of rotatable bonds is 7. The highest BCUT2D eigenvalue weighted by Crippen LogP contribution is 2.21. The van der Waals surface area contributed by atoms with Crippen LogP contribution in [0.3, 0.4) is 0 Å². The van der Waals surface area contributed by atoms with Crippen molar-refractivity contribution in [1.29, 1.82) is 0 Å². The Bertz CT molecular complexity index is 1200. The Labute approximate surface area is 181 Å². The molecular formula is C21H18N6O3S. The van der Waals surface area contributed by atoms with Crippen LogP contribution in [0.1, 0.15) is 10.4 Å². The quantitative estimate of drug-likeness (QED) is 0.258. The lowest BCUT2D eigenvalue weighted by Gasteiger charge is -2.15. The Morgan fingerprint density at radius 3 is 2.65 bits per heavy atom. The van der Waals surface area contributed by atoms with Gasteiger partial charge < -0.3 is 15.0 Å². The smallest absolute Gasteiger partial charge is 0.329 e. The molecule has 0 bridgehead atoms. The zero-order valence-corrected chi connectivity index (χ0v) is 17.3. The third-order valence-electron chi connectivity index (χ3n) is 4.41. The minimum Gasteiger partial charge on any atom is -0.467 e. The molecule has 2 N–H and O–H groups in total. The van der Waals surface area contributed by atoms with Crippen LogP contribution in [-0.2, 0) is 9.53 Å². The number of nitrogens with one attached hydrogen (secondary N) is 2. The maximum atomic E-state index is 12.8. The van der Waals surface area contributed by atoms with E-state index in [1.807, 2.05) is 12.1 Å². The zero-order valence-electron chi connectivity index (χ0n) is 16.5. The van der Waals surface area contributed by atoms with Crippen molar-refractivity contribution < 1.29 is 14.3 Å². The van der Waals surface area contributed by atoms with Gasteiger partial charge >= 0.3 is 5.97 Å². The van der Waals surface area contributed by atoms with Crippen molar-refractivity contribution in [3.05, 3.63) is 66.7 Å². The molecule has 156 valence electrons. The van der Waals surface area contributed by atoms with Gasteiger partial charge in [0, 0.05) is 41.7 Å². The molecule has 0 saturated carbocycles. The Kier molecular flexibility index (Phi) is 6.18. The van der Waals surface area contributed by atoms with Crippen LogP contribution in [0, 0.1) is 0 Å². The van der Waals surface area contributed by atoms with E-state index in [-0.39, 0.29) is 5.75 Å². The number of pyridine rings is 1. The zero-order chi connectivity index (χ0) is 21.6. The molecule has 31 heavy (non-hydrogen) atoms. The van der Waals surface area contributed by atoms with Crippen LogP contribution in [-0.4, -0.2) is 55.7 Å². The maximum Gasteiger partial charge on any atom is 0.329 e. The molecule has 0 spiro atoms. The summed E-state index contributed by atoms with van der Waals surface area (Å²) >= 11 is 1.25. The van der Waals surface area contributed by atoms with Crippen LogP contribution in [0.4, 0.5) is 0 Å². The summed E-state index contributed by atoms with van der Waals surface area (Å²) in [4.78, 5) is 44.9. The maximum absolute atomic E-state index is 12.8. The first-order chi connectivity index (χ1) is 15.1. The van der Waals surface area contributed by atoms with Gasteiger partial charge in [0.15, 0.2) is 5.16 Å². The molecule has 4 rings (SSSR count). The lowest BCUT2D eigenvalue weighted by Crippen LogP contribution is -2.43. The Hall–Kier alpha value is -3.79. The van der Waals surface area contributed by atoms with Crippen molar-refractivity contribution in [2.24, 2.45) is 0 Å². The van der Waals surface area contributed by atoms with Crippen molar-refractivity contribution in [3.8, 4) is 11.4 Å². The van der Waals surface area contributed by atoms with Crippen molar-refractivity contribution in [3.63, 3.8) is 0 Å². The van der Waals surface area contributed by atoms with Crippen molar-refractivity contribution in [2.45, 2.75) is 11.2 Å². The third kappa shape index (κ3) is 4.86. The highest BCUT2D eigenvalue weighted by atomic mass is 32.2. The average Bonchev–Trinajstić information content (AvgIpc) is 3.26. The van der Waals surface area contributed by atoms with E-state index in [4.69, 9.17) is 4.74 Å². The standard InChI is InChI=1S/C21H18N6O3S/c1-30-20(29)17(12-31-21-23-7-2-8-24-21)27-19(28)14-3-4-15-16(11-14)26-18(25-15)13-5-9-22-10-6-13/h2-11,17H,12H2,1H3,(H,25,26)(H,27,28). The number of H-pyrrole nitrogens is 1. The van der Waals surface area contributed by atoms with Gasteiger partial charge in [-0.3, -0.25) is 9.78 Å². The Balaban J connectivity index is 1.50. The number of hydrogen-bond donors (Lipinski definition) is 2. The van der Waals surface area contributed by atoms with Gasteiger partial charge in [-0.25, -0.2) is 19.7 Å². The van der Waals surface area contributed by atoms with Crippen LogP contribution in [0.15, 0.2) is 66.3 Å². The molecule has 0 radical (unpaired) electrons. The normalized spacial score (nSPS) is 11.8. The third-order valence-corrected chi connectivity index (χ3v) is 5.38. The predicted molar refractivity (Wildman–Crippen MR) is 115 cm³/mol. The molecule has 0 saturated heterocycles. The number of carbonyl (C=O) groups excluding carboxylic acids is 2. The number of nitrogens with zero attached hydrogens (tertiary/aromatic N) is 4. The van der Waals surface area contributed by atoms with Gasteiger partial charge in [0.25, 0.3) is 5.91 Å². The molecule has 3 heterocycles. The van der Waals surface area contributed by atoms with E-state index in [0.717, 1.165) is 11.1 Å². The average molecular weight is 434 g/mol. The van der Waals surface area contributed by atoms with Gasteiger partial charge in [-0.1, -0.05) is 11.8 Å². The molecule has 10 heteroatoms. The number of fused-ring (bicyclic) bond motifs is 1. The molecular weight excluding hydrogens is 416 g/mol. The number of aromatic amines is 1. The van der Waals surface area contributed by atoms with Crippen LogP contribution in [0.25, 0.3) is 22.4 Å². The van der Waals surface area contributed by atoms with Crippen LogP contribution in [0.5, 0.6) is 0 Å². The van der Waals surface area contributed by atoms with Gasteiger partial charge in [0.05, 0.1) is 18.1 Å². The number of methoxy groups -OCH3 is 1. The van der Waals surface area contributed by atoms with Gasteiger partial charge in [0.2, 0.25) is 0 Å². The summed E-state index contributed by atoms with van der Waals surface area (Å²) in [6, 6.07) is 9.67. The van der Waals surface area contributed by atoms with Crippen LogP contribution < -0.4 is 5.32 Å². The Morgan fingerprint density at radius 2 is 1.90 bits per heavy atom. The number of hydrogen-bond acceptors (Lipinski definition) is 8. The fraction of sp³-hybridized carbons (Fsp3) is 0.143. The van der Waals surface area contributed by atoms with Crippen molar-refractivity contribution in [2.75, 3.05) is 12.9 Å². The summed E-state index contributed by atoms with van der Waals surface area (Å²) in [5.41, 5.74) is 2.72. The van der Waals surface area contributed by atoms with Gasteiger partial charge in [-0.2, -0.15) is 0 Å². The number of ether oxygens (including phenoxy) is 1. The number of carbonyl (C=O) groups is 2. The molecule has 3 aromatic heterocycles. The molecule has 4 aromatic rings. The first-order valence-electron chi connectivity index (χ1n) is 9.32. The fourth-order valence-corrected chi connectivity index (χ4v) is 3.67. The minimum atomic E-state index is -0.851. The van der Waals surface area contributed by atoms with E-state index in [9.17, 15) is 9.59 Å². The summed E-state index contributed by atoms with van der Waals surface area (Å²) in [7, 11) is 1.28. The SMILES string of the molecule is COC(=O)C(CSc1ncccn1)NC(=O)c1ccc2nc(-c3ccncc3)[nH]c2c1. The largest absolute Gasteiger partial charge is 0.467 e. The van der Waals surface area contributed by atoms with Crippen LogP contribution in [0.2, 0.25) is 0 Å². The number of benzene rings is 1. The number of amides is 1. The first-order valence-corrected chi connectivity index (χ1v) is 10.3. The van der Waals surface area contributed by atoms with E-state index in [1.54, 1.807) is 49.1 Å². The van der Waals surface area contributed by atoms with E-state index >= 15 is 0 Å². The van der Waals surface area contributed by atoms with Gasteiger partial charge in [-0.05, 0) is 36.4 Å². The number of aromatic nitrogens is 5. The Morgan fingerprint density at radius 1 is 1.13 bits per heavy atom. The highest BCUT2D eigenvalue weighted by molar-refractivity contribution is 7.99. The summed E-state index contributed by atoms with van der Waals surface area (Å²) < 4.78 is 4.83. The van der Waals surface area contributed by atoms with E-state index in [1.165, 1.54) is 18.9 Å². The molecule has 1 aromatic carbocycles. The van der Waals surface area contributed by atoms with Gasteiger partial charge in [-0.15, -0.1) is 0 Å². The molecule has 1 atom stereocenters. The molecule has 9 nitrogen and oxygen atoms in total. The number of imidazole rings is 1. The van der Waals surface area contributed by atoms with Gasteiger partial charge in [0.1, 0.15) is 11.9 Å². The second kappa shape index (κ2) is 9.35. The second-order valence-corrected chi connectivity index (χ2v) is 7.43. The molecule has 1 amide bonds. The van der Waals surface area contributed by atoms with E-state index in [0.29, 0.717) is 22.1 Å². The van der Waals surface area contributed by atoms with E-state index in [2.05, 4.69) is 30.2 Å². The number of thioether (sulfide) groups is 1. The summed E-state index contributed by atoms with van der Waals surface area (Å²) in [6.07, 6.45) is 6.60. The molecule has 0 aliphatic heterocycles. The summed E-state index contributed by atoms with van der Waals surface area (Å²) in [6.45, 7) is 0. The second-order valence-electron chi connectivity index (χ2n) is 6.44. The number of esters is 1. The highest BCUT2D eigenvalue weighted by Gasteiger charge is 2.23. The monoisotopic (exact) mass is 434 g/mol. The molecule has 0 aliphatic carbocycles. The van der Waals surface area contributed by atoms with Crippen LogP contribution >= 0.6 is 11.8 Å². The minimum absolute atomic E-state index is 0.237. The molecule has 0 fully saturated rings. The van der Waals surface area contributed by atoms with Crippen molar-refractivity contribution in [1.82, 2.24) is 30.2 Å². The fourth-order valence-electron chi connectivity index (χ4n) is 2.87.